The zero-order valence-electron chi connectivity index (χ0n) is 11.7. The summed E-state index contributed by atoms with van der Waals surface area (Å²) in [6, 6.07) is 12.1. The molecule has 22 heavy (non-hydrogen) atoms. The van der Waals surface area contributed by atoms with E-state index in [2.05, 4.69) is 13.5 Å². The molecule has 0 spiro atoms. The number of aromatic nitrogens is 2. The number of benzene rings is 2. The largest absolute Gasteiger partial charge is 0.497 e. The molecule has 0 unspecified atom stereocenters. The molecular weight excluding hydrogens is 322 g/mol. The summed E-state index contributed by atoms with van der Waals surface area (Å²) in [5, 5.41) is 0. The zero-order valence-corrected chi connectivity index (χ0v) is 13.3. The molecule has 1 N–H and O–H groups in total. The number of rotatable bonds is 5. The fourth-order valence-electron chi connectivity index (χ4n) is 2.00. The lowest BCUT2D eigenvalue weighted by atomic mass is 10.2. The maximum atomic E-state index is 12.4. The van der Waals surface area contributed by atoms with Gasteiger partial charge in [0.05, 0.1) is 18.8 Å². The van der Waals surface area contributed by atoms with Crippen LogP contribution in [0.4, 0.5) is 0 Å². The van der Waals surface area contributed by atoms with Crippen LogP contribution in [0.3, 0.4) is 0 Å². The third-order valence-corrected chi connectivity index (χ3v) is 5.14. The second-order valence-electron chi connectivity index (χ2n) is 4.56. The molecule has 0 amide bonds. The van der Waals surface area contributed by atoms with Crippen molar-refractivity contribution >= 4 is 32.8 Å². The van der Waals surface area contributed by atoms with E-state index in [1.54, 1.807) is 31.4 Å². The minimum Gasteiger partial charge on any atom is -0.497 e. The molecule has 114 valence electrons. The molecule has 3 aromatic rings. The molecule has 0 fully saturated rings. The summed E-state index contributed by atoms with van der Waals surface area (Å²) in [6.45, 7) is 0.195. The smallest absolute Gasteiger partial charge is 0.243 e. The Labute approximate surface area is 132 Å². The van der Waals surface area contributed by atoms with Gasteiger partial charge in [0.15, 0.2) is 0 Å². The first-order valence-corrected chi connectivity index (χ1v) is 8.65. The molecule has 0 radical (unpaired) electrons. The van der Waals surface area contributed by atoms with Gasteiger partial charge in [-0.15, -0.1) is 0 Å². The first-order chi connectivity index (χ1) is 10.6. The minimum atomic E-state index is -3.65. The highest BCUT2D eigenvalue weighted by Crippen LogP contribution is 2.21. The van der Waals surface area contributed by atoms with Gasteiger partial charge in [0, 0.05) is 6.54 Å². The van der Waals surface area contributed by atoms with Crippen LogP contribution in [0.2, 0.25) is 0 Å². The Hall–Kier alpha value is -2.03. The molecule has 0 aliphatic heterocycles. The highest BCUT2D eigenvalue weighted by Gasteiger charge is 2.19. The molecule has 1 heterocycles. The second-order valence-corrected chi connectivity index (χ2v) is 6.82. The Morgan fingerprint density at radius 3 is 2.64 bits per heavy atom. The van der Waals surface area contributed by atoms with Gasteiger partial charge in [-0.05, 0) is 29.8 Å². The molecule has 0 saturated heterocycles. The Morgan fingerprint density at radius 1 is 1.14 bits per heavy atom. The van der Waals surface area contributed by atoms with Crippen molar-refractivity contribution < 1.29 is 13.2 Å². The number of methoxy groups -OCH3 is 1. The van der Waals surface area contributed by atoms with Gasteiger partial charge in [-0.3, -0.25) is 0 Å². The average molecular weight is 335 g/mol. The van der Waals surface area contributed by atoms with E-state index in [0.29, 0.717) is 11.0 Å². The van der Waals surface area contributed by atoms with E-state index >= 15 is 0 Å². The predicted molar refractivity (Wildman–Crippen MR) is 84.4 cm³/mol. The third-order valence-electron chi connectivity index (χ3n) is 3.16. The summed E-state index contributed by atoms with van der Waals surface area (Å²) in [6.07, 6.45) is 0. The summed E-state index contributed by atoms with van der Waals surface area (Å²) in [4.78, 5) is 0.146. The van der Waals surface area contributed by atoms with Gasteiger partial charge in [-0.1, -0.05) is 18.2 Å². The highest BCUT2D eigenvalue weighted by molar-refractivity contribution is 7.89. The van der Waals surface area contributed by atoms with E-state index in [-0.39, 0.29) is 11.4 Å². The van der Waals surface area contributed by atoms with Gasteiger partial charge < -0.3 is 4.74 Å². The van der Waals surface area contributed by atoms with Crippen LogP contribution in [0, 0.1) is 0 Å². The quantitative estimate of drug-likeness (QED) is 0.773. The molecule has 1 aromatic heterocycles. The van der Waals surface area contributed by atoms with Crippen LogP contribution in [-0.2, 0) is 16.6 Å². The topological polar surface area (TPSA) is 81.2 Å². The average Bonchev–Trinajstić information content (AvgIpc) is 3.02. The molecule has 8 heteroatoms. The minimum absolute atomic E-state index is 0.146. The van der Waals surface area contributed by atoms with Gasteiger partial charge in [0.2, 0.25) is 10.0 Å². The van der Waals surface area contributed by atoms with Crippen LogP contribution in [0.15, 0.2) is 47.4 Å². The normalized spacial score (nSPS) is 11.7. The van der Waals surface area contributed by atoms with E-state index < -0.39 is 10.0 Å². The van der Waals surface area contributed by atoms with E-state index in [0.717, 1.165) is 23.0 Å². The van der Waals surface area contributed by atoms with Crippen LogP contribution in [0.25, 0.3) is 11.0 Å². The Morgan fingerprint density at radius 2 is 1.91 bits per heavy atom. The van der Waals surface area contributed by atoms with Crippen molar-refractivity contribution in [3.05, 3.63) is 48.0 Å². The number of sulfonamides is 1. The van der Waals surface area contributed by atoms with Crippen molar-refractivity contribution in [3.8, 4) is 5.75 Å². The molecular formula is C14H13N3O3S2. The Balaban J connectivity index is 1.82. The fourth-order valence-corrected chi connectivity index (χ4v) is 3.78. The Bertz CT molecular complexity index is 889. The number of nitrogens with zero attached hydrogens (tertiary/aromatic N) is 2. The molecule has 0 aliphatic rings. The lowest BCUT2D eigenvalue weighted by molar-refractivity contribution is 0.414. The van der Waals surface area contributed by atoms with Crippen molar-refractivity contribution in [2.24, 2.45) is 0 Å². The summed E-state index contributed by atoms with van der Waals surface area (Å²) < 4.78 is 40.6. The van der Waals surface area contributed by atoms with Crippen LogP contribution in [0.5, 0.6) is 5.75 Å². The van der Waals surface area contributed by atoms with Crippen molar-refractivity contribution in [1.29, 1.82) is 0 Å². The first-order valence-electron chi connectivity index (χ1n) is 6.44. The lowest BCUT2D eigenvalue weighted by Crippen LogP contribution is -2.23. The van der Waals surface area contributed by atoms with Gasteiger partial charge >= 0.3 is 0 Å². The molecule has 0 saturated carbocycles. The lowest BCUT2D eigenvalue weighted by Gasteiger charge is -2.08. The molecule has 2 aromatic carbocycles. The summed E-state index contributed by atoms with van der Waals surface area (Å²) in [7, 11) is -2.06. The fraction of sp³-hybridized carbons (Fsp3) is 0.143. The monoisotopic (exact) mass is 335 g/mol. The molecule has 0 atom stereocenters. The van der Waals surface area contributed by atoms with Gasteiger partial charge in [0.25, 0.3) is 0 Å². The van der Waals surface area contributed by atoms with Gasteiger partial charge in [-0.25, -0.2) is 13.1 Å². The van der Waals surface area contributed by atoms with Crippen LogP contribution in [-0.4, -0.2) is 24.3 Å². The van der Waals surface area contributed by atoms with Crippen molar-refractivity contribution in [3.63, 3.8) is 0 Å². The number of ether oxygens (including phenoxy) is 1. The number of nitrogens with one attached hydrogen (secondary N) is 1. The molecule has 6 nitrogen and oxygen atoms in total. The molecule has 3 rings (SSSR count). The summed E-state index contributed by atoms with van der Waals surface area (Å²) in [5.74, 6) is 0.727. The molecule has 0 aliphatic carbocycles. The second kappa shape index (κ2) is 5.99. The standard InChI is InChI=1S/C14H13N3O3S2/c1-20-11-7-5-10(6-8-11)9-15-22(18,19)13-4-2-3-12-14(13)17-21-16-12/h2-8,15H,9H2,1H3. The highest BCUT2D eigenvalue weighted by atomic mass is 32.2. The third kappa shape index (κ3) is 2.94. The van der Waals surface area contributed by atoms with Gasteiger partial charge in [-0.2, -0.15) is 8.75 Å². The van der Waals surface area contributed by atoms with Crippen molar-refractivity contribution in [2.45, 2.75) is 11.4 Å². The summed E-state index contributed by atoms with van der Waals surface area (Å²) >= 11 is 0.996. The van der Waals surface area contributed by atoms with Crippen LogP contribution < -0.4 is 9.46 Å². The summed E-state index contributed by atoms with van der Waals surface area (Å²) in [5.41, 5.74) is 1.82. The van der Waals surface area contributed by atoms with Crippen molar-refractivity contribution in [2.75, 3.05) is 7.11 Å². The molecule has 0 bridgehead atoms. The maximum absolute atomic E-state index is 12.4. The first kappa shape index (κ1) is 14.9. The van der Waals surface area contributed by atoms with Crippen molar-refractivity contribution in [1.82, 2.24) is 13.5 Å². The SMILES string of the molecule is COc1ccc(CNS(=O)(=O)c2cccc3nsnc23)cc1. The zero-order chi connectivity index (χ0) is 15.6. The number of fused-ring (bicyclic) bond motifs is 1. The number of hydrogen-bond donors (Lipinski definition) is 1. The van der Waals surface area contributed by atoms with E-state index in [1.165, 1.54) is 6.07 Å². The van der Waals surface area contributed by atoms with E-state index in [4.69, 9.17) is 4.74 Å². The number of hydrogen-bond acceptors (Lipinski definition) is 6. The Kier molecular flexibility index (Phi) is 4.06. The van der Waals surface area contributed by atoms with Crippen LogP contribution in [0.1, 0.15) is 5.56 Å². The van der Waals surface area contributed by atoms with E-state index in [1.807, 2.05) is 12.1 Å². The maximum Gasteiger partial charge on any atom is 0.243 e. The van der Waals surface area contributed by atoms with Crippen LogP contribution >= 0.6 is 11.7 Å². The van der Waals surface area contributed by atoms with E-state index in [9.17, 15) is 8.42 Å². The predicted octanol–water partition coefficient (Wildman–Crippen LogP) is 2.18. The van der Waals surface area contributed by atoms with Gasteiger partial charge in [0.1, 0.15) is 21.7 Å².